The Kier molecular flexibility index (Phi) is 1.86. The van der Waals surface area contributed by atoms with Gasteiger partial charge in [-0.25, -0.2) is 0 Å². The highest BCUT2D eigenvalue weighted by atomic mass is 16.5. The van der Waals surface area contributed by atoms with E-state index in [-0.39, 0.29) is 0 Å². The minimum absolute atomic E-state index is 0.347. The maximum absolute atomic E-state index is 8.04. The summed E-state index contributed by atoms with van der Waals surface area (Å²) < 4.78 is 5.01. The van der Waals surface area contributed by atoms with E-state index in [0.29, 0.717) is 12.5 Å². The molecule has 0 amide bonds. The number of hydrogen-bond donors (Lipinski definition) is 1. The molecule has 1 N–H and O–H groups in total. The van der Waals surface area contributed by atoms with Gasteiger partial charge >= 0.3 is 0 Å². The van der Waals surface area contributed by atoms with Crippen LogP contribution in [0.1, 0.15) is 6.42 Å². The van der Waals surface area contributed by atoms with Gasteiger partial charge in [0.2, 0.25) is 0 Å². The second-order valence-corrected chi connectivity index (χ2v) is 1.89. The molecule has 0 aromatic heterocycles. The second kappa shape index (κ2) is 2.67. The summed E-state index contributed by atoms with van der Waals surface area (Å²) in [6.07, 6.45) is 2.51. The first-order valence-corrected chi connectivity index (χ1v) is 2.69. The standard InChI is InChI=1S/C5H9NO2/c7-6-3-5-1-2-8-4-5/h3,5,7H,1-2,4H2/b6-3+. The van der Waals surface area contributed by atoms with Crippen LogP contribution in [0.3, 0.4) is 0 Å². The van der Waals surface area contributed by atoms with Crippen LogP contribution in [0.25, 0.3) is 0 Å². The summed E-state index contributed by atoms with van der Waals surface area (Å²) in [6, 6.07) is 0. The smallest absolute Gasteiger partial charge is 0.0545 e. The predicted molar refractivity (Wildman–Crippen MR) is 29.2 cm³/mol. The maximum atomic E-state index is 8.04. The second-order valence-electron chi connectivity index (χ2n) is 1.89. The van der Waals surface area contributed by atoms with Gasteiger partial charge in [-0.05, 0) is 6.42 Å². The molecular formula is C5H9NO2. The van der Waals surface area contributed by atoms with Gasteiger partial charge in [0, 0.05) is 18.7 Å². The maximum Gasteiger partial charge on any atom is 0.0545 e. The van der Waals surface area contributed by atoms with Crippen molar-refractivity contribution < 1.29 is 9.94 Å². The average molecular weight is 115 g/mol. The summed E-state index contributed by atoms with van der Waals surface area (Å²) in [5, 5.41) is 11.0. The van der Waals surface area contributed by atoms with Crippen LogP contribution in [0.15, 0.2) is 5.16 Å². The number of ether oxygens (including phenoxy) is 1. The van der Waals surface area contributed by atoms with Crippen LogP contribution < -0.4 is 0 Å². The largest absolute Gasteiger partial charge is 0.411 e. The lowest BCUT2D eigenvalue weighted by atomic mass is 10.1. The molecule has 0 bridgehead atoms. The van der Waals surface area contributed by atoms with E-state index in [2.05, 4.69) is 5.16 Å². The number of nitrogens with zero attached hydrogens (tertiary/aromatic N) is 1. The summed E-state index contributed by atoms with van der Waals surface area (Å²) in [5.74, 6) is 0.347. The van der Waals surface area contributed by atoms with Crippen molar-refractivity contribution in [2.24, 2.45) is 11.1 Å². The van der Waals surface area contributed by atoms with Gasteiger partial charge in [-0.2, -0.15) is 0 Å². The molecule has 0 radical (unpaired) electrons. The molecule has 1 fully saturated rings. The molecule has 8 heavy (non-hydrogen) atoms. The van der Waals surface area contributed by atoms with Crippen molar-refractivity contribution in [1.82, 2.24) is 0 Å². The third-order valence-corrected chi connectivity index (χ3v) is 1.24. The van der Waals surface area contributed by atoms with E-state index in [1.54, 1.807) is 0 Å². The first-order valence-electron chi connectivity index (χ1n) is 2.69. The highest BCUT2D eigenvalue weighted by Gasteiger charge is 2.12. The van der Waals surface area contributed by atoms with Gasteiger partial charge in [-0.15, -0.1) is 5.16 Å². The number of oxime groups is 1. The van der Waals surface area contributed by atoms with Gasteiger partial charge in [0.05, 0.1) is 6.61 Å². The first-order chi connectivity index (χ1) is 3.93. The van der Waals surface area contributed by atoms with E-state index in [9.17, 15) is 0 Å². The van der Waals surface area contributed by atoms with Gasteiger partial charge in [-0.3, -0.25) is 0 Å². The van der Waals surface area contributed by atoms with Crippen molar-refractivity contribution >= 4 is 6.21 Å². The molecule has 0 spiro atoms. The predicted octanol–water partition coefficient (Wildman–Crippen LogP) is 0.483. The van der Waals surface area contributed by atoms with Crippen LogP contribution >= 0.6 is 0 Å². The van der Waals surface area contributed by atoms with E-state index < -0.39 is 0 Å². The summed E-state index contributed by atoms with van der Waals surface area (Å²) >= 11 is 0. The summed E-state index contributed by atoms with van der Waals surface area (Å²) in [6.45, 7) is 1.51. The van der Waals surface area contributed by atoms with Gasteiger partial charge < -0.3 is 9.94 Å². The fourth-order valence-corrected chi connectivity index (χ4v) is 0.765. The highest BCUT2D eigenvalue weighted by molar-refractivity contribution is 5.60. The van der Waals surface area contributed by atoms with Crippen LogP contribution in [0.4, 0.5) is 0 Å². The van der Waals surface area contributed by atoms with E-state index in [1.807, 2.05) is 0 Å². The monoisotopic (exact) mass is 115 g/mol. The summed E-state index contributed by atoms with van der Waals surface area (Å²) in [7, 11) is 0. The molecular weight excluding hydrogens is 106 g/mol. The third-order valence-electron chi connectivity index (χ3n) is 1.24. The lowest BCUT2D eigenvalue weighted by Gasteiger charge is -1.92. The molecule has 1 saturated heterocycles. The zero-order chi connectivity index (χ0) is 5.82. The quantitative estimate of drug-likeness (QED) is 0.307. The summed E-state index contributed by atoms with van der Waals surface area (Å²) in [4.78, 5) is 0. The lowest BCUT2D eigenvalue weighted by Crippen LogP contribution is -1.99. The zero-order valence-corrected chi connectivity index (χ0v) is 4.58. The molecule has 46 valence electrons. The average Bonchev–Trinajstić information content (AvgIpc) is 2.19. The van der Waals surface area contributed by atoms with Crippen molar-refractivity contribution in [1.29, 1.82) is 0 Å². The molecule has 1 unspecified atom stereocenters. The molecule has 1 rings (SSSR count). The van der Waals surface area contributed by atoms with Crippen molar-refractivity contribution in [3.63, 3.8) is 0 Å². The Balaban J connectivity index is 2.24. The van der Waals surface area contributed by atoms with Crippen molar-refractivity contribution in [3.8, 4) is 0 Å². The molecule has 1 heterocycles. The third kappa shape index (κ3) is 1.20. The fourth-order valence-electron chi connectivity index (χ4n) is 0.765. The van der Waals surface area contributed by atoms with Gasteiger partial charge in [0.15, 0.2) is 0 Å². The Labute approximate surface area is 48.0 Å². The minimum atomic E-state index is 0.347. The lowest BCUT2D eigenvalue weighted by molar-refractivity contribution is 0.193. The number of hydrogen-bond acceptors (Lipinski definition) is 3. The minimum Gasteiger partial charge on any atom is -0.411 e. The van der Waals surface area contributed by atoms with Crippen LogP contribution in [0, 0.1) is 5.92 Å². The Hall–Kier alpha value is -0.570. The van der Waals surface area contributed by atoms with Gasteiger partial charge in [-0.1, -0.05) is 0 Å². The van der Waals surface area contributed by atoms with Crippen molar-refractivity contribution in [2.75, 3.05) is 13.2 Å². The Morgan fingerprint density at radius 3 is 3.12 bits per heavy atom. The first kappa shape index (κ1) is 5.56. The van der Waals surface area contributed by atoms with Crippen molar-refractivity contribution in [3.05, 3.63) is 0 Å². The molecule has 0 aliphatic carbocycles. The van der Waals surface area contributed by atoms with E-state index in [1.165, 1.54) is 6.21 Å². The molecule has 0 saturated carbocycles. The van der Waals surface area contributed by atoms with E-state index >= 15 is 0 Å². The van der Waals surface area contributed by atoms with Crippen LogP contribution in [0.2, 0.25) is 0 Å². The molecule has 0 aromatic carbocycles. The molecule has 3 heteroatoms. The number of rotatable bonds is 1. The topological polar surface area (TPSA) is 41.8 Å². The molecule has 3 nitrogen and oxygen atoms in total. The van der Waals surface area contributed by atoms with Crippen LogP contribution in [-0.4, -0.2) is 24.6 Å². The van der Waals surface area contributed by atoms with Gasteiger partial charge in [0.25, 0.3) is 0 Å². The van der Waals surface area contributed by atoms with Crippen molar-refractivity contribution in [2.45, 2.75) is 6.42 Å². The van der Waals surface area contributed by atoms with E-state index in [0.717, 1.165) is 13.0 Å². The van der Waals surface area contributed by atoms with Crippen LogP contribution in [-0.2, 0) is 4.74 Å². The SMILES string of the molecule is O/N=C/C1CCOC1. The molecule has 1 atom stereocenters. The molecule has 1 aliphatic rings. The highest BCUT2D eigenvalue weighted by Crippen LogP contribution is 2.08. The Morgan fingerprint density at radius 2 is 2.62 bits per heavy atom. The molecule has 1 aliphatic heterocycles. The van der Waals surface area contributed by atoms with Gasteiger partial charge in [0.1, 0.15) is 0 Å². The zero-order valence-electron chi connectivity index (χ0n) is 4.58. The molecule has 0 aromatic rings. The Morgan fingerprint density at radius 1 is 1.75 bits per heavy atom. The fraction of sp³-hybridized carbons (Fsp3) is 0.800. The van der Waals surface area contributed by atoms with E-state index in [4.69, 9.17) is 9.94 Å². The summed E-state index contributed by atoms with van der Waals surface area (Å²) in [5.41, 5.74) is 0. The Bertz CT molecular complexity index is 86.4. The normalized spacial score (nSPS) is 29.8. The van der Waals surface area contributed by atoms with Crippen LogP contribution in [0.5, 0.6) is 0 Å².